The van der Waals surface area contributed by atoms with E-state index in [4.69, 9.17) is 25.8 Å². The largest absolute Gasteiger partial charge is 0.507 e. The topological polar surface area (TPSA) is 88.5 Å². The van der Waals surface area contributed by atoms with Crippen LogP contribution in [0.25, 0.3) is 5.76 Å². The molecule has 8 nitrogen and oxygen atoms in total. The van der Waals surface area contributed by atoms with Crippen molar-refractivity contribution in [3.8, 4) is 17.2 Å². The van der Waals surface area contributed by atoms with Crippen LogP contribution >= 0.6 is 11.6 Å². The highest BCUT2D eigenvalue weighted by Gasteiger charge is 2.47. The van der Waals surface area contributed by atoms with Crippen molar-refractivity contribution in [2.75, 3.05) is 47.5 Å². The van der Waals surface area contributed by atoms with Gasteiger partial charge in [-0.2, -0.15) is 0 Å². The van der Waals surface area contributed by atoms with E-state index in [-0.39, 0.29) is 16.4 Å². The number of carbonyl (C=O) groups is 2. The molecule has 1 unspecified atom stereocenters. The van der Waals surface area contributed by atoms with Gasteiger partial charge in [0.1, 0.15) is 23.0 Å². The van der Waals surface area contributed by atoms with Crippen LogP contribution in [-0.4, -0.2) is 74.1 Å². The predicted octanol–water partition coefficient (Wildman–Crippen LogP) is 4.52. The van der Waals surface area contributed by atoms with Crippen LogP contribution in [0.5, 0.6) is 17.2 Å². The summed E-state index contributed by atoms with van der Waals surface area (Å²) in [7, 11) is 4.53. The fraction of sp³-hybridized carbons (Fsp3) is 0.407. The molecule has 36 heavy (non-hydrogen) atoms. The van der Waals surface area contributed by atoms with E-state index in [9.17, 15) is 14.7 Å². The number of amides is 1. The van der Waals surface area contributed by atoms with E-state index in [1.807, 2.05) is 0 Å². The van der Waals surface area contributed by atoms with Gasteiger partial charge in [0.25, 0.3) is 11.7 Å². The molecule has 1 aliphatic heterocycles. The summed E-state index contributed by atoms with van der Waals surface area (Å²) in [6, 6.07) is 9.00. The summed E-state index contributed by atoms with van der Waals surface area (Å²) in [5.41, 5.74) is 0.810. The van der Waals surface area contributed by atoms with Gasteiger partial charge in [-0.15, -0.1) is 0 Å². The first kappa shape index (κ1) is 27.4. The molecule has 1 aliphatic rings. The van der Waals surface area contributed by atoms with Crippen LogP contribution in [0, 0.1) is 0 Å². The summed E-state index contributed by atoms with van der Waals surface area (Å²) in [5.74, 6) is -0.333. The van der Waals surface area contributed by atoms with E-state index in [0.717, 1.165) is 19.6 Å². The molecule has 1 atom stereocenters. The number of likely N-dealkylation sites (tertiary alicyclic amines) is 1. The van der Waals surface area contributed by atoms with Crippen molar-refractivity contribution < 1.29 is 28.9 Å². The Labute approximate surface area is 217 Å². The average Bonchev–Trinajstić information content (AvgIpc) is 3.15. The first-order valence-corrected chi connectivity index (χ1v) is 12.3. The highest BCUT2D eigenvalue weighted by molar-refractivity contribution is 6.46. The summed E-state index contributed by atoms with van der Waals surface area (Å²) in [6.45, 7) is 7.04. The molecular formula is C27H33ClN2O6. The Morgan fingerprint density at radius 2 is 1.67 bits per heavy atom. The van der Waals surface area contributed by atoms with E-state index >= 15 is 0 Å². The number of rotatable bonds is 11. The zero-order chi connectivity index (χ0) is 26.4. The first-order chi connectivity index (χ1) is 17.3. The van der Waals surface area contributed by atoms with Gasteiger partial charge in [-0.3, -0.25) is 9.59 Å². The summed E-state index contributed by atoms with van der Waals surface area (Å²) < 4.78 is 16.2. The molecule has 1 N–H and O–H groups in total. The Hall–Kier alpha value is -3.23. The van der Waals surface area contributed by atoms with E-state index in [1.165, 1.54) is 32.3 Å². The van der Waals surface area contributed by atoms with Crippen molar-refractivity contribution in [2.24, 2.45) is 0 Å². The van der Waals surface area contributed by atoms with Crippen molar-refractivity contribution >= 4 is 29.1 Å². The minimum absolute atomic E-state index is 0.0318. The van der Waals surface area contributed by atoms with Crippen LogP contribution in [0.3, 0.4) is 0 Å². The van der Waals surface area contributed by atoms with Gasteiger partial charge in [-0.05, 0) is 62.5 Å². The van der Waals surface area contributed by atoms with Crippen LogP contribution in [0.2, 0.25) is 5.02 Å². The van der Waals surface area contributed by atoms with Crippen molar-refractivity contribution in [3.63, 3.8) is 0 Å². The maximum Gasteiger partial charge on any atom is 0.295 e. The molecule has 0 radical (unpaired) electrons. The SMILES string of the molecule is CCN(CC)CCCN1C(=O)C(=O)/C(=C(\O)c2ccc(OC)c(Cl)c2)C1c1cc(OC)ccc1OC. The fourth-order valence-electron chi connectivity index (χ4n) is 4.46. The molecule has 0 aliphatic carbocycles. The second kappa shape index (κ2) is 12.1. The van der Waals surface area contributed by atoms with Gasteiger partial charge >= 0.3 is 0 Å². The standard InChI is InChI=1S/C27H33ClN2O6/c1-6-29(7-2)13-8-14-30-24(19-16-18(34-3)10-12-21(19)35-4)23(26(32)27(30)33)25(31)17-9-11-22(36-5)20(28)15-17/h9-12,15-16,24,31H,6-8,13-14H2,1-5H3/b25-23-. The minimum Gasteiger partial charge on any atom is -0.507 e. The molecule has 2 aromatic rings. The Morgan fingerprint density at radius 1 is 1.00 bits per heavy atom. The number of Topliss-reactive ketones (excluding diaryl/α,β-unsaturated/α-hetero) is 1. The van der Waals surface area contributed by atoms with E-state index < -0.39 is 17.7 Å². The van der Waals surface area contributed by atoms with Crippen molar-refractivity contribution in [3.05, 3.63) is 58.1 Å². The number of halogens is 1. The Morgan fingerprint density at radius 3 is 2.25 bits per heavy atom. The van der Waals surface area contributed by atoms with E-state index in [2.05, 4.69) is 18.7 Å². The normalized spacial score (nSPS) is 17.1. The molecule has 1 heterocycles. The summed E-state index contributed by atoms with van der Waals surface area (Å²) in [6.07, 6.45) is 0.659. The highest BCUT2D eigenvalue weighted by Crippen LogP contribution is 2.44. The quantitative estimate of drug-likeness (QED) is 0.267. The molecule has 1 fully saturated rings. The van der Waals surface area contributed by atoms with E-state index in [1.54, 1.807) is 30.3 Å². The predicted molar refractivity (Wildman–Crippen MR) is 139 cm³/mol. The van der Waals surface area contributed by atoms with Gasteiger partial charge in [0.15, 0.2) is 0 Å². The zero-order valence-electron chi connectivity index (χ0n) is 21.3. The lowest BCUT2D eigenvalue weighted by atomic mass is 9.94. The summed E-state index contributed by atoms with van der Waals surface area (Å²) in [4.78, 5) is 30.4. The highest BCUT2D eigenvalue weighted by atomic mass is 35.5. The third-order valence-corrected chi connectivity index (χ3v) is 6.76. The first-order valence-electron chi connectivity index (χ1n) is 11.9. The van der Waals surface area contributed by atoms with Crippen LogP contribution in [0.1, 0.15) is 37.4 Å². The molecule has 0 saturated carbocycles. The van der Waals surface area contributed by atoms with Crippen molar-refractivity contribution in [1.82, 2.24) is 9.80 Å². The Kier molecular flexibility index (Phi) is 9.23. The second-order valence-electron chi connectivity index (χ2n) is 8.33. The average molecular weight is 517 g/mol. The number of aliphatic hydroxyl groups is 1. The van der Waals surface area contributed by atoms with Gasteiger partial charge in [0.2, 0.25) is 0 Å². The molecule has 1 amide bonds. The number of methoxy groups -OCH3 is 3. The third-order valence-electron chi connectivity index (χ3n) is 6.46. The number of benzene rings is 2. The fourth-order valence-corrected chi connectivity index (χ4v) is 4.72. The molecule has 1 saturated heterocycles. The lowest BCUT2D eigenvalue weighted by Gasteiger charge is -2.28. The van der Waals surface area contributed by atoms with Crippen LogP contribution in [0.15, 0.2) is 42.0 Å². The van der Waals surface area contributed by atoms with Crippen LogP contribution in [0.4, 0.5) is 0 Å². The van der Waals surface area contributed by atoms with Gasteiger partial charge in [-0.25, -0.2) is 0 Å². The van der Waals surface area contributed by atoms with Gasteiger partial charge < -0.3 is 29.1 Å². The molecular weight excluding hydrogens is 484 g/mol. The Bertz CT molecular complexity index is 1150. The molecule has 194 valence electrons. The maximum atomic E-state index is 13.3. The number of ether oxygens (including phenoxy) is 3. The van der Waals surface area contributed by atoms with Gasteiger partial charge in [0, 0.05) is 17.7 Å². The van der Waals surface area contributed by atoms with Gasteiger partial charge in [0.05, 0.1) is 38.0 Å². The second-order valence-corrected chi connectivity index (χ2v) is 8.74. The number of nitrogens with zero attached hydrogens (tertiary/aromatic N) is 2. The molecule has 9 heteroatoms. The minimum atomic E-state index is -0.868. The number of aliphatic hydroxyl groups excluding tert-OH is 1. The molecule has 3 rings (SSSR count). The van der Waals surface area contributed by atoms with Crippen LogP contribution < -0.4 is 14.2 Å². The maximum absolute atomic E-state index is 13.3. The molecule has 0 bridgehead atoms. The number of ketones is 1. The van der Waals surface area contributed by atoms with E-state index in [0.29, 0.717) is 41.3 Å². The lowest BCUT2D eigenvalue weighted by molar-refractivity contribution is -0.140. The summed E-state index contributed by atoms with van der Waals surface area (Å²) >= 11 is 6.28. The van der Waals surface area contributed by atoms with Crippen molar-refractivity contribution in [1.29, 1.82) is 0 Å². The smallest absolute Gasteiger partial charge is 0.295 e. The number of hydrogen-bond acceptors (Lipinski definition) is 7. The lowest BCUT2D eigenvalue weighted by Crippen LogP contribution is -2.33. The molecule has 0 aromatic heterocycles. The molecule has 0 spiro atoms. The monoisotopic (exact) mass is 516 g/mol. The van der Waals surface area contributed by atoms with Gasteiger partial charge in [-0.1, -0.05) is 25.4 Å². The Balaban J connectivity index is 2.15. The number of hydrogen-bond donors (Lipinski definition) is 1. The van der Waals surface area contributed by atoms with Crippen molar-refractivity contribution in [2.45, 2.75) is 26.3 Å². The molecule has 2 aromatic carbocycles. The third kappa shape index (κ3) is 5.44. The number of carbonyl (C=O) groups excluding carboxylic acids is 2. The van der Waals surface area contributed by atoms with Crippen LogP contribution in [-0.2, 0) is 9.59 Å². The summed E-state index contributed by atoms with van der Waals surface area (Å²) in [5, 5.41) is 11.6. The zero-order valence-corrected chi connectivity index (χ0v) is 22.1.